The highest BCUT2D eigenvalue weighted by atomic mass is 35.5. The van der Waals surface area contributed by atoms with Gasteiger partial charge in [0.2, 0.25) is 5.91 Å². The molecule has 0 aliphatic rings. The minimum Gasteiger partial charge on any atom is -0.333 e. The van der Waals surface area contributed by atoms with Crippen molar-refractivity contribution in [3.05, 3.63) is 40.2 Å². The van der Waals surface area contributed by atoms with Crippen LogP contribution < -0.4 is 5.32 Å². The first-order valence-corrected chi connectivity index (χ1v) is 8.45. The van der Waals surface area contributed by atoms with Crippen LogP contribution in [0.1, 0.15) is 5.56 Å². The van der Waals surface area contributed by atoms with Gasteiger partial charge in [0.15, 0.2) is 5.16 Å². The van der Waals surface area contributed by atoms with Gasteiger partial charge in [-0.1, -0.05) is 23.4 Å². The number of hydrogen-bond acceptors (Lipinski definition) is 5. The van der Waals surface area contributed by atoms with Crippen molar-refractivity contribution >= 4 is 56.6 Å². The van der Waals surface area contributed by atoms with Gasteiger partial charge in [-0.2, -0.15) is 5.26 Å². The predicted octanol–water partition coefficient (Wildman–Crippen LogP) is 3.88. The number of aromatic nitrogens is 2. The first-order chi connectivity index (χ1) is 10.7. The molecule has 5 nitrogen and oxygen atoms in total. The molecule has 0 saturated heterocycles. The number of thioether (sulfide) groups is 1. The zero-order valence-electron chi connectivity index (χ0n) is 11.1. The molecule has 0 aliphatic carbocycles. The van der Waals surface area contributed by atoms with Crippen molar-refractivity contribution in [2.24, 2.45) is 0 Å². The highest BCUT2D eigenvalue weighted by Crippen LogP contribution is 2.24. The maximum Gasteiger partial charge on any atom is 0.235 e. The molecule has 8 heteroatoms. The van der Waals surface area contributed by atoms with E-state index in [1.807, 2.05) is 12.1 Å². The second-order valence-corrected chi connectivity index (χ2v) is 6.63. The van der Waals surface area contributed by atoms with E-state index in [4.69, 9.17) is 16.9 Å². The Hall–Kier alpha value is -2.01. The smallest absolute Gasteiger partial charge is 0.235 e. The maximum absolute atomic E-state index is 11.9. The van der Waals surface area contributed by atoms with Crippen molar-refractivity contribution < 1.29 is 4.79 Å². The number of nitrogens with one attached hydrogen (secondary N) is 2. The number of amides is 1. The molecule has 0 unspecified atom stereocenters. The van der Waals surface area contributed by atoms with Crippen LogP contribution in [0.4, 0.5) is 5.00 Å². The molecule has 0 bridgehead atoms. The van der Waals surface area contributed by atoms with E-state index >= 15 is 0 Å². The molecule has 22 heavy (non-hydrogen) atoms. The average molecular weight is 349 g/mol. The van der Waals surface area contributed by atoms with Crippen LogP contribution in [-0.2, 0) is 4.79 Å². The Morgan fingerprint density at radius 2 is 2.36 bits per heavy atom. The number of carbonyl (C=O) groups is 1. The second kappa shape index (κ2) is 6.40. The number of anilines is 1. The van der Waals surface area contributed by atoms with E-state index in [-0.39, 0.29) is 11.7 Å². The second-order valence-electron chi connectivity index (χ2n) is 4.32. The van der Waals surface area contributed by atoms with Crippen molar-refractivity contribution in [1.82, 2.24) is 9.97 Å². The van der Waals surface area contributed by atoms with Crippen LogP contribution >= 0.6 is 34.7 Å². The zero-order valence-corrected chi connectivity index (χ0v) is 13.5. The third-order valence-electron chi connectivity index (χ3n) is 2.80. The van der Waals surface area contributed by atoms with Crippen molar-refractivity contribution in [2.75, 3.05) is 11.1 Å². The highest BCUT2D eigenvalue weighted by Gasteiger charge is 2.10. The van der Waals surface area contributed by atoms with Crippen molar-refractivity contribution in [3.63, 3.8) is 0 Å². The lowest BCUT2D eigenvalue weighted by molar-refractivity contribution is -0.113. The van der Waals surface area contributed by atoms with Crippen LogP contribution in [0.3, 0.4) is 0 Å². The van der Waals surface area contributed by atoms with Gasteiger partial charge in [0.25, 0.3) is 0 Å². The molecule has 1 amide bonds. The lowest BCUT2D eigenvalue weighted by Crippen LogP contribution is -2.13. The molecule has 1 aromatic carbocycles. The molecule has 0 atom stereocenters. The van der Waals surface area contributed by atoms with Gasteiger partial charge >= 0.3 is 0 Å². The molecule has 0 spiro atoms. The maximum atomic E-state index is 11.9. The van der Waals surface area contributed by atoms with E-state index in [2.05, 4.69) is 15.3 Å². The summed E-state index contributed by atoms with van der Waals surface area (Å²) in [6, 6.07) is 9.10. The average Bonchev–Trinajstić information content (AvgIpc) is 3.10. The summed E-state index contributed by atoms with van der Waals surface area (Å²) in [6.45, 7) is 0. The normalized spacial score (nSPS) is 10.5. The summed E-state index contributed by atoms with van der Waals surface area (Å²) in [5.41, 5.74) is 2.11. The summed E-state index contributed by atoms with van der Waals surface area (Å²) in [6.07, 6.45) is 0. The molecule has 0 aliphatic heterocycles. The van der Waals surface area contributed by atoms with E-state index in [9.17, 15) is 4.79 Å². The number of H-pyrrole nitrogens is 1. The van der Waals surface area contributed by atoms with Crippen LogP contribution in [0.15, 0.2) is 34.8 Å². The summed E-state index contributed by atoms with van der Waals surface area (Å²) in [4.78, 5) is 19.4. The van der Waals surface area contributed by atoms with Crippen LogP contribution in [0, 0.1) is 11.3 Å². The number of benzene rings is 1. The van der Waals surface area contributed by atoms with Gasteiger partial charge in [0.05, 0.1) is 22.3 Å². The monoisotopic (exact) mass is 348 g/mol. The van der Waals surface area contributed by atoms with Gasteiger partial charge in [0, 0.05) is 5.02 Å². The number of rotatable bonds is 4. The minimum absolute atomic E-state index is 0.178. The Kier molecular flexibility index (Phi) is 4.34. The molecule has 0 radical (unpaired) electrons. The number of aromatic amines is 1. The fraction of sp³-hybridized carbons (Fsp3) is 0.0714. The number of hydrogen-bond donors (Lipinski definition) is 2. The quantitative estimate of drug-likeness (QED) is 0.701. The fourth-order valence-corrected chi connectivity index (χ4v) is 3.43. The van der Waals surface area contributed by atoms with Crippen LogP contribution in [0.2, 0.25) is 5.02 Å². The standard InChI is InChI=1S/C14H9ClN4OS2/c15-9-1-2-10-11(5-9)18-14(17-10)22-7-12(20)19-13-8(6-16)3-4-21-13/h1-5H,7H2,(H,17,18)(H,19,20). The van der Waals surface area contributed by atoms with E-state index < -0.39 is 0 Å². The topological polar surface area (TPSA) is 81.6 Å². The van der Waals surface area contributed by atoms with Gasteiger partial charge < -0.3 is 10.3 Å². The van der Waals surface area contributed by atoms with E-state index in [0.29, 0.717) is 20.7 Å². The number of carbonyl (C=O) groups excluding carboxylic acids is 1. The zero-order chi connectivity index (χ0) is 15.5. The van der Waals surface area contributed by atoms with Crippen molar-refractivity contribution in [2.45, 2.75) is 5.16 Å². The molecule has 110 valence electrons. The van der Waals surface area contributed by atoms with E-state index in [0.717, 1.165) is 11.0 Å². The molecule has 3 rings (SSSR count). The summed E-state index contributed by atoms with van der Waals surface area (Å²) in [5, 5.41) is 15.3. The largest absolute Gasteiger partial charge is 0.333 e. The first kappa shape index (κ1) is 14.9. The van der Waals surface area contributed by atoms with Crippen LogP contribution in [0.25, 0.3) is 11.0 Å². The van der Waals surface area contributed by atoms with Crippen molar-refractivity contribution in [1.29, 1.82) is 5.26 Å². The fourth-order valence-electron chi connectivity index (χ4n) is 1.82. The summed E-state index contributed by atoms with van der Waals surface area (Å²) >= 11 is 8.54. The molecule has 0 fully saturated rings. The predicted molar refractivity (Wildman–Crippen MR) is 89.5 cm³/mol. The molecule has 2 aromatic heterocycles. The minimum atomic E-state index is -0.178. The lowest BCUT2D eigenvalue weighted by Gasteiger charge is -2.01. The Morgan fingerprint density at radius 1 is 1.50 bits per heavy atom. The molecule has 2 N–H and O–H groups in total. The van der Waals surface area contributed by atoms with Gasteiger partial charge in [-0.15, -0.1) is 11.3 Å². The van der Waals surface area contributed by atoms with Crippen LogP contribution in [0.5, 0.6) is 0 Å². The summed E-state index contributed by atoms with van der Waals surface area (Å²) in [5.74, 6) is 0.0264. The third kappa shape index (κ3) is 3.25. The highest BCUT2D eigenvalue weighted by molar-refractivity contribution is 7.99. The number of fused-ring (bicyclic) bond motifs is 1. The first-order valence-electron chi connectivity index (χ1n) is 6.21. The Balaban J connectivity index is 1.64. The number of nitriles is 1. The number of imidazole rings is 1. The van der Waals surface area contributed by atoms with Gasteiger partial charge in [-0.25, -0.2) is 4.98 Å². The van der Waals surface area contributed by atoms with Crippen molar-refractivity contribution in [3.8, 4) is 6.07 Å². The summed E-state index contributed by atoms with van der Waals surface area (Å²) < 4.78 is 0. The number of thiophene rings is 1. The Morgan fingerprint density at radius 3 is 3.18 bits per heavy atom. The van der Waals surface area contributed by atoms with Gasteiger partial charge in [0.1, 0.15) is 11.1 Å². The molecule has 2 heterocycles. The third-order valence-corrected chi connectivity index (χ3v) is 4.74. The molecule has 0 saturated carbocycles. The Labute approximate surface area is 139 Å². The van der Waals surface area contributed by atoms with Gasteiger partial charge in [-0.3, -0.25) is 4.79 Å². The summed E-state index contributed by atoms with van der Waals surface area (Å²) in [7, 11) is 0. The Bertz CT molecular complexity index is 880. The number of nitrogens with zero attached hydrogens (tertiary/aromatic N) is 2. The van der Waals surface area contributed by atoms with E-state index in [1.165, 1.54) is 23.1 Å². The van der Waals surface area contributed by atoms with Gasteiger partial charge in [-0.05, 0) is 29.6 Å². The van der Waals surface area contributed by atoms with E-state index in [1.54, 1.807) is 23.6 Å². The molecule has 3 aromatic rings. The molecular weight excluding hydrogens is 340 g/mol. The van der Waals surface area contributed by atoms with Crippen LogP contribution in [-0.4, -0.2) is 21.6 Å². The molecular formula is C14H9ClN4OS2. The SMILES string of the molecule is N#Cc1ccsc1NC(=O)CSc1nc2ccc(Cl)cc2[nH]1. The lowest BCUT2D eigenvalue weighted by atomic mass is 10.3. The number of halogens is 1.